The molecule has 2 aliphatic carbocycles. The molecule has 3 aliphatic rings. The van der Waals surface area contributed by atoms with Crippen LogP contribution in [0.3, 0.4) is 0 Å². The fraction of sp³-hybridized carbons (Fsp3) is 0.667. The van der Waals surface area contributed by atoms with Gasteiger partial charge in [0.15, 0.2) is 15.7 Å². The molecule has 1 saturated carbocycles. The fourth-order valence-electron chi connectivity index (χ4n) is 4.96. The first-order chi connectivity index (χ1) is 14.2. The van der Waals surface area contributed by atoms with Crippen molar-refractivity contribution in [3.05, 3.63) is 34.6 Å². The third-order valence-corrected chi connectivity index (χ3v) is 9.86. The second-order valence-corrected chi connectivity index (χ2v) is 12.9. The standard InChI is InChI=1S/C24H34FNO3S/c1-24(2,3)30(27,28)16-17-4-6-18(7-5-17)20-14-19-8-9-22(23(25)21(19)15-20)26-10-12-29-13-11-26/h8-9,15,17-18H,4-7,10-14,16H2,1-3H3. The molecule has 4 nitrogen and oxygen atoms in total. The van der Waals surface area contributed by atoms with E-state index < -0.39 is 14.6 Å². The first-order valence-corrected chi connectivity index (χ1v) is 12.9. The van der Waals surface area contributed by atoms with E-state index in [1.165, 1.54) is 5.57 Å². The van der Waals surface area contributed by atoms with Crippen LogP contribution in [-0.4, -0.2) is 45.2 Å². The Labute approximate surface area is 180 Å². The first-order valence-electron chi connectivity index (χ1n) is 11.2. The van der Waals surface area contributed by atoms with Crippen molar-refractivity contribution in [2.24, 2.45) is 11.8 Å². The Bertz CT molecular complexity index is 919. The van der Waals surface area contributed by atoms with E-state index in [1.807, 2.05) is 6.07 Å². The summed E-state index contributed by atoms with van der Waals surface area (Å²) in [5, 5.41) is 0. The van der Waals surface area contributed by atoms with Crippen LogP contribution >= 0.6 is 0 Å². The van der Waals surface area contributed by atoms with E-state index in [-0.39, 0.29) is 11.7 Å². The van der Waals surface area contributed by atoms with Gasteiger partial charge in [-0.25, -0.2) is 12.8 Å². The Hall–Kier alpha value is -1.40. The van der Waals surface area contributed by atoms with Crippen molar-refractivity contribution in [1.29, 1.82) is 0 Å². The minimum atomic E-state index is -3.08. The number of allylic oxidation sites excluding steroid dienone is 1. The van der Waals surface area contributed by atoms with Crippen molar-refractivity contribution in [2.75, 3.05) is 37.0 Å². The Kier molecular flexibility index (Phi) is 6.01. The summed E-state index contributed by atoms with van der Waals surface area (Å²) in [6.07, 6.45) is 6.78. The number of hydrogen-bond acceptors (Lipinski definition) is 4. The molecular formula is C24H34FNO3S. The quantitative estimate of drug-likeness (QED) is 0.692. The van der Waals surface area contributed by atoms with Crippen LogP contribution in [0.4, 0.5) is 10.1 Å². The van der Waals surface area contributed by atoms with E-state index >= 15 is 4.39 Å². The second-order valence-electron chi connectivity index (χ2n) is 10.1. The Balaban J connectivity index is 1.42. The fourth-order valence-corrected chi connectivity index (χ4v) is 6.41. The van der Waals surface area contributed by atoms with Gasteiger partial charge in [-0.05, 0) is 76.3 Å². The molecule has 0 aromatic heterocycles. The van der Waals surface area contributed by atoms with E-state index in [1.54, 1.807) is 20.8 Å². The highest BCUT2D eigenvalue weighted by Crippen LogP contribution is 2.41. The number of morpholine rings is 1. The average Bonchev–Trinajstić information content (AvgIpc) is 3.14. The molecule has 0 amide bonds. The molecule has 1 aromatic rings. The van der Waals surface area contributed by atoms with Gasteiger partial charge in [0, 0.05) is 18.7 Å². The van der Waals surface area contributed by atoms with Crippen LogP contribution in [-0.2, 0) is 21.0 Å². The molecule has 30 heavy (non-hydrogen) atoms. The van der Waals surface area contributed by atoms with Crippen LogP contribution in [0.2, 0.25) is 0 Å². The normalized spacial score (nSPS) is 25.2. The van der Waals surface area contributed by atoms with Crippen LogP contribution in [0.25, 0.3) is 6.08 Å². The topological polar surface area (TPSA) is 46.6 Å². The van der Waals surface area contributed by atoms with Crippen molar-refractivity contribution in [1.82, 2.24) is 0 Å². The smallest absolute Gasteiger partial charge is 0.155 e. The molecule has 1 heterocycles. The molecule has 0 N–H and O–H groups in total. The average molecular weight is 436 g/mol. The van der Waals surface area contributed by atoms with Crippen molar-refractivity contribution in [3.8, 4) is 0 Å². The van der Waals surface area contributed by atoms with E-state index in [4.69, 9.17) is 4.74 Å². The molecule has 1 aromatic carbocycles. The van der Waals surface area contributed by atoms with Gasteiger partial charge in [-0.1, -0.05) is 17.7 Å². The van der Waals surface area contributed by atoms with Gasteiger partial charge < -0.3 is 9.64 Å². The molecule has 2 fully saturated rings. The van der Waals surface area contributed by atoms with Gasteiger partial charge in [-0.2, -0.15) is 0 Å². The third kappa shape index (κ3) is 4.31. The number of benzene rings is 1. The molecular weight excluding hydrogens is 401 g/mol. The van der Waals surface area contributed by atoms with Crippen LogP contribution in [0.15, 0.2) is 17.7 Å². The molecule has 1 saturated heterocycles. The van der Waals surface area contributed by atoms with Gasteiger partial charge in [0.2, 0.25) is 0 Å². The predicted octanol–water partition coefficient (Wildman–Crippen LogP) is 4.62. The number of rotatable bonds is 4. The van der Waals surface area contributed by atoms with Crippen LogP contribution < -0.4 is 4.90 Å². The number of fused-ring (bicyclic) bond motifs is 1. The Morgan fingerprint density at radius 3 is 2.40 bits per heavy atom. The lowest BCUT2D eigenvalue weighted by molar-refractivity contribution is 0.122. The number of anilines is 1. The van der Waals surface area contributed by atoms with E-state index in [0.717, 1.165) is 56.3 Å². The van der Waals surface area contributed by atoms with Crippen molar-refractivity contribution < 1.29 is 17.5 Å². The number of nitrogens with zero attached hydrogens (tertiary/aromatic N) is 1. The molecule has 0 bridgehead atoms. The van der Waals surface area contributed by atoms with E-state index in [9.17, 15) is 8.42 Å². The molecule has 0 radical (unpaired) electrons. The zero-order valence-corrected chi connectivity index (χ0v) is 19.2. The summed E-state index contributed by atoms with van der Waals surface area (Å²) in [6, 6.07) is 4.00. The summed E-state index contributed by atoms with van der Waals surface area (Å²) in [5.74, 6) is 0.881. The third-order valence-electron chi connectivity index (χ3n) is 7.09. The monoisotopic (exact) mass is 435 g/mol. The van der Waals surface area contributed by atoms with Crippen LogP contribution in [0.1, 0.15) is 57.6 Å². The highest BCUT2D eigenvalue weighted by molar-refractivity contribution is 7.92. The summed E-state index contributed by atoms with van der Waals surface area (Å²) in [5.41, 5.74) is 3.84. The summed E-state index contributed by atoms with van der Waals surface area (Å²) in [6.45, 7) is 8.11. The highest BCUT2D eigenvalue weighted by Gasteiger charge is 2.34. The summed E-state index contributed by atoms with van der Waals surface area (Å²) in [7, 11) is -3.08. The maximum atomic E-state index is 15.3. The summed E-state index contributed by atoms with van der Waals surface area (Å²) < 4.78 is 45.1. The Morgan fingerprint density at radius 1 is 1.10 bits per heavy atom. The van der Waals surface area contributed by atoms with Gasteiger partial charge in [-0.15, -0.1) is 0 Å². The number of sulfone groups is 1. The van der Waals surface area contributed by atoms with Crippen LogP contribution in [0.5, 0.6) is 0 Å². The Morgan fingerprint density at radius 2 is 1.77 bits per heavy atom. The number of hydrogen-bond donors (Lipinski definition) is 0. The summed E-state index contributed by atoms with van der Waals surface area (Å²) >= 11 is 0. The molecule has 1 aliphatic heterocycles. The molecule has 6 heteroatoms. The van der Waals surface area contributed by atoms with E-state index in [0.29, 0.717) is 30.6 Å². The molecule has 0 spiro atoms. The maximum Gasteiger partial charge on any atom is 0.155 e. The van der Waals surface area contributed by atoms with Gasteiger partial charge >= 0.3 is 0 Å². The van der Waals surface area contributed by atoms with Crippen molar-refractivity contribution in [2.45, 2.75) is 57.6 Å². The first kappa shape index (κ1) is 21.8. The molecule has 166 valence electrons. The predicted molar refractivity (Wildman–Crippen MR) is 120 cm³/mol. The molecule has 0 unspecified atom stereocenters. The lowest BCUT2D eigenvalue weighted by Crippen LogP contribution is -2.36. The highest BCUT2D eigenvalue weighted by atomic mass is 32.2. The van der Waals surface area contributed by atoms with Gasteiger partial charge in [0.1, 0.15) is 0 Å². The van der Waals surface area contributed by atoms with Gasteiger partial charge in [-0.3, -0.25) is 0 Å². The van der Waals surface area contributed by atoms with Crippen molar-refractivity contribution >= 4 is 21.6 Å². The second kappa shape index (κ2) is 8.27. The minimum absolute atomic E-state index is 0.102. The number of ether oxygens (including phenoxy) is 1. The van der Waals surface area contributed by atoms with Gasteiger partial charge in [0.25, 0.3) is 0 Å². The van der Waals surface area contributed by atoms with Gasteiger partial charge in [0.05, 0.1) is 29.4 Å². The lowest BCUT2D eigenvalue weighted by Gasteiger charge is -2.31. The largest absolute Gasteiger partial charge is 0.378 e. The zero-order valence-electron chi connectivity index (χ0n) is 18.4. The zero-order chi connectivity index (χ0) is 21.5. The summed E-state index contributed by atoms with van der Waals surface area (Å²) in [4.78, 5) is 2.08. The SMILES string of the molecule is CC(C)(C)S(=O)(=O)CC1CCC(C2=Cc3c(ccc(N4CCOCC4)c3F)C2)CC1. The van der Waals surface area contributed by atoms with Crippen molar-refractivity contribution in [3.63, 3.8) is 0 Å². The minimum Gasteiger partial charge on any atom is -0.378 e. The van der Waals surface area contributed by atoms with Crippen LogP contribution in [0, 0.1) is 17.7 Å². The molecule has 4 rings (SSSR count). The number of halogens is 1. The maximum absolute atomic E-state index is 15.3. The van der Waals surface area contributed by atoms with E-state index in [2.05, 4.69) is 17.0 Å². The lowest BCUT2D eigenvalue weighted by atomic mass is 9.78. The molecule has 0 atom stereocenters.